The number of benzene rings is 2. The van der Waals surface area contributed by atoms with Gasteiger partial charge in [-0.2, -0.15) is 0 Å². The predicted molar refractivity (Wildman–Crippen MR) is 106 cm³/mol. The van der Waals surface area contributed by atoms with Crippen LogP contribution in [0.25, 0.3) is 11.0 Å². The van der Waals surface area contributed by atoms with Gasteiger partial charge >= 0.3 is 0 Å². The normalized spacial score (nSPS) is 15.9. The summed E-state index contributed by atoms with van der Waals surface area (Å²) in [7, 11) is 1.67. The first-order valence-electron chi connectivity index (χ1n) is 8.38. The molecule has 0 N–H and O–H groups in total. The van der Waals surface area contributed by atoms with Gasteiger partial charge in [0, 0.05) is 11.5 Å². The average Bonchev–Trinajstić information content (AvgIpc) is 2.93. The van der Waals surface area contributed by atoms with E-state index in [0.717, 1.165) is 10.0 Å². The molecule has 0 aliphatic carbocycles. The van der Waals surface area contributed by atoms with Crippen LogP contribution in [0.2, 0.25) is 0 Å². The smallest absolute Gasteiger partial charge is 0.290 e. The van der Waals surface area contributed by atoms with Gasteiger partial charge in [-0.1, -0.05) is 40.7 Å². The predicted octanol–water partition coefficient (Wildman–Crippen LogP) is 4.30. The van der Waals surface area contributed by atoms with Gasteiger partial charge in [0.2, 0.25) is 5.76 Å². The molecule has 0 saturated heterocycles. The lowest BCUT2D eigenvalue weighted by atomic mass is 9.99. The van der Waals surface area contributed by atoms with E-state index in [2.05, 4.69) is 22.5 Å². The van der Waals surface area contributed by atoms with Crippen LogP contribution in [-0.4, -0.2) is 24.5 Å². The van der Waals surface area contributed by atoms with E-state index in [1.807, 2.05) is 24.3 Å². The number of fused-ring (bicyclic) bond motifs is 2. The maximum atomic E-state index is 13.2. The van der Waals surface area contributed by atoms with Crippen molar-refractivity contribution in [1.29, 1.82) is 0 Å². The third-order valence-corrected chi connectivity index (χ3v) is 5.12. The number of hydrogen-bond donors (Lipinski definition) is 0. The highest BCUT2D eigenvalue weighted by molar-refractivity contribution is 9.10. The first-order valence-corrected chi connectivity index (χ1v) is 9.17. The second-order valence-corrected chi connectivity index (χ2v) is 7.22. The summed E-state index contributed by atoms with van der Waals surface area (Å²) < 4.78 is 12.1. The van der Waals surface area contributed by atoms with Crippen LogP contribution in [0.5, 0.6) is 5.75 Å². The van der Waals surface area contributed by atoms with E-state index in [-0.39, 0.29) is 17.1 Å². The molecular weight excluding hydrogens is 410 g/mol. The van der Waals surface area contributed by atoms with Crippen LogP contribution in [0, 0.1) is 0 Å². The molecule has 27 heavy (non-hydrogen) atoms. The van der Waals surface area contributed by atoms with Crippen LogP contribution in [-0.2, 0) is 0 Å². The Balaban J connectivity index is 1.86. The Kier molecular flexibility index (Phi) is 4.36. The number of carbonyl (C=O) groups is 1. The maximum Gasteiger partial charge on any atom is 0.290 e. The van der Waals surface area contributed by atoms with E-state index in [1.54, 1.807) is 31.3 Å². The summed E-state index contributed by atoms with van der Waals surface area (Å²) in [6.07, 6.45) is 1.67. The van der Waals surface area contributed by atoms with Gasteiger partial charge in [0.1, 0.15) is 17.9 Å². The molecular formula is C21H16BrNO4. The third kappa shape index (κ3) is 2.86. The van der Waals surface area contributed by atoms with Gasteiger partial charge in [-0.05, 0) is 35.9 Å². The molecule has 0 fully saturated rings. The molecule has 2 aromatic carbocycles. The van der Waals surface area contributed by atoms with Crippen molar-refractivity contribution in [2.75, 3.05) is 13.7 Å². The average molecular weight is 426 g/mol. The summed E-state index contributed by atoms with van der Waals surface area (Å²) >= 11 is 3.38. The summed E-state index contributed by atoms with van der Waals surface area (Å²) in [4.78, 5) is 27.4. The van der Waals surface area contributed by atoms with Gasteiger partial charge in [-0.25, -0.2) is 0 Å². The minimum Gasteiger partial charge on any atom is -0.490 e. The van der Waals surface area contributed by atoms with Crippen molar-refractivity contribution in [3.05, 3.63) is 86.7 Å². The summed E-state index contributed by atoms with van der Waals surface area (Å²) in [5.41, 5.74) is 1.39. The van der Waals surface area contributed by atoms with Crippen LogP contribution in [0.1, 0.15) is 27.7 Å². The van der Waals surface area contributed by atoms with E-state index in [0.29, 0.717) is 28.9 Å². The van der Waals surface area contributed by atoms with Crippen LogP contribution in [0.4, 0.5) is 0 Å². The number of nitrogens with zero attached hydrogens (tertiary/aromatic N) is 1. The monoisotopic (exact) mass is 425 g/mol. The molecule has 0 spiro atoms. The Bertz CT molecular complexity index is 1120. The van der Waals surface area contributed by atoms with Crippen LogP contribution < -0.4 is 10.2 Å². The second kappa shape index (κ2) is 6.70. The highest BCUT2D eigenvalue weighted by atomic mass is 79.9. The number of ether oxygens (including phenoxy) is 1. The molecule has 0 bridgehead atoms. The minimum atomic E-state index is -0.499. The lowest BCUT2D eigenvalue weighted by molar-refractivity contribution is 0.0771. The van der Waals surface area contributed by atoms with Crippen LogP contribution in [0.15, 0.2) is 68.8 Å². The van der Waals surface area contributed by atoms with E-state index >= 15 is 0 Å². The Labute approximate surface area is 164 Å². The molecule has 1 aliphatic rings. The van der Waals surface area contributed by atoms with Gasteiger partial charge < -0.3 is 14.1 Å². The topological polar surface area (TPSA) is 59.8 Å². The van der Waals surface area contributed by atoms with Gasteiger partial charge in [0.25, 0.3) is 5.91 Å². The van der Waals surface area contributed by atoms with Gasteiger partial charge in [-0.3, -0.25) is 9.59 Å². The van der Waals surface area contributed by atoms with Crippen molar-refractivity contribution in [2.45, 2.75) is 6.04 Å². The van der Waals surface area contributed by atoms with E-state index in [4.69, 9.17) is 9.15 Å². The summed E-state index contributed by atoms with van der Waals surface area (Å²) in [5, 5.41) is 0.446. The largest absolute Gasteiger partial charge is 0.490 e. The third-order valence-electron chi connectivity index (χ3n) is 4.63. The van der Waals surface area contributed by atoms with E-state index < -0.39 is 6.04 Å². The lowest BCUT2D eigenvalue weighted by Gasteiger charge is -2.20. The summed E-state index contributed by atoms with van der Waals surface area (Å²) in [5.74, 6) is 0.499. The van der Waals surface area contributed by atoms with Crippen molar-refractivity contribution in [1.82, 2.24) is 4.90 Å². The molecule has 2 heterocycles. The molecule has 1 unspecified atom stereocenters. The van der Waals surface area contributed by atoms with E-state index in [1.165, 1.54) is 4.90 Å². The van der Waals surface area contributed by atoms with Crippen molar-refractivity contribution in [3.8, 4) is 5.75 Å². The molecule has 0 saturated carbocycles. The highest BCUT2D eigenvalue weighted by Gasteiger charge is 2.40. The Hall–Kier alpha value is -2.86. The summed E-state index contributed by atoms with van der Waals surface area (Å²) in [6.45, 7) is 4.03. The molecule has 4 rings (SSSR count). The zero-order valence-corrected chi connectivity index (χ0v) is 16.2. The Morgan fingerprint density at radius 1 is 1.22 bits per heavy atom. The summed E-state index contributed by atoms with van der Waals surface area (Å²) in [6, 6.07) is 12.0. The zero-order chi connectivity index (χ0) is 19.1. The minimum absolute atomic E-state index is 0.106. The van der Waals surface area contributed by atoms with Gasteiger partial charge in [0.15, 0.2) is 5.43 Å². The number of carbonyl (C=O) groups excluding carboxylic acids is 1. The molecule has 5 nitrogen and oxygen atoms in total. The number of amides is 1. The fourth-order valence-electron chi connectivity index (χ4n) is 3.35. The lowest BCUT2D eigenvalue weighted by Crippen LogP contribution is -2.25. The molecule has 1 amide bonds. The standard InChI is InChI=1S/C21H16BrNO4/c1-3-10-26-14-7-4-12(5-8-14)18-17-19(24)15-11-13(22)6-9-16(15)27-20(17)21(25)23(18)2/h3-9,11,18H,1,10H2,2H3. The Morgan fingerprint density at radius 3 is 2.67 bits per heavy atom. The number of hydrogen-bond acceptors (Lipinski definition) is 4. The quantitative estimate of drug-likeness (QED) is 0.584. The fourth-order valence-corrected chi connectivity index (χ4v) is 3.71. The molecule has 0 radical (unpaired) electrons. The highest BCUT2D eigenvalue weighted by Crippen LogP contribution is 2.37. The van der Waals surface area contributed by atoms with Crippen LogP contribution >= 0.6 is 15.9 Å². The number of halogens is 1. The van der Waals surface area contributed by atoms with Crippen LogP contribution in [0.3, 0.4) is 0 Å². The van der Waals surface area contributed by atoms with Crippen molar-refractivity contribution in [2.24, 2.45) is 0 Å². The number of rotatable bonds is 4. The van der Waals surface area contributed by atoms with Gasteiger partial charge in [-0.15, -0.1) is 0 Å². The van der Waals surface area contributed by atoms with Crippen molar-refractivity contribution < 1.29 is 13.9 Å². The zero-order valence-electron chi connectivity index (χ0n) is 14.6. The second-order valence-electron chi connectivity index (χ2n) is 6.30. The SMILES string of the molecule is C=CCOc1ccc(C2c3c(oc4ccc(Br)cc4c3=O)C(=O)N2C)cc1. The molecule has 6 heteroatoms. The molecule has 1 aromatic heterocycles. The molecule has 136 valence electrons. The molecule has 1 aliphatic heterocycles. The fraction of sp³-hybridized carbons (Fsp3) is 0.143. The maximum absolute atomic E-state index is 13.2. The van der Waals surface area contributed by atoms with E-state index in [9.17, 15) is 9.59 Å². The molecule has 1 atom stereocenters. The first kappa shape index (κ1) is 17.5. The first-order chi connectivity index (χ1) is 13.0. The van der Waals surface area contributed by atoms with Crippen molar-refractivity contribution >= 4 is 32.8 Å². The van der Waals surface area contributed by atoms with Crippen molar-refractivity contribution in [3.63, 3.8) is 0 Å². The van der Waals surface area contributed by atoms with Gasteiger partial charge in [0.05, 0.1) is 17.0 Å². The Morgan fingerprint density at radius 2 is 1.96 bits per heavy atom. The molecule has 3 aromatic rings.